The molecule has 2 amide bonds. The highest BCUT2D eigenvalue weighted by Crippen LogP contribution is 2.39. The van der Waals surface area contributed by atoms with E-state index in [-0.39, 0.29) is 44.0 Å². The van der Waals surface area contributed by atoms with Crippen LogP contribution in [-0.2, 0) is 35.1 Å². The molecule has 2 fully saturated rings. The topological polar surface area (TPSA) is 136 Å². The first kappa shape index (κ1) is 32.4. The van der Waals surface area contributed by atoms with E-state index in [1.807, 2.05) is 57.2 Å². The lowest BCUT2D eigenvalue weighted by molar-refractivity contribution is -0.253. The third-order valence-electron chi connectivity index (χ3n) is 7.23. The van der Waals surface area contributed by atoms with Gasteiger partial charge in [0.2, 0.25) is 0 Å². The van der Waals surface area contributed by atoms with Crippen LogP contribution in [0.5, 0.6) is 0 Å². The van der Waals surface area contributed by atoms with Crippen LogP contribution in [0, 0.1) is 0 Å². The number of likely N-dealkylation sites (tertiary alicyclic amines) is 1. The monoisotopic (exact) mass is 597 g/mol. The molecular formula is C32H43N3O8. The number of aliphatic hydroxyl groups excluding tert-OH is 1. The van der Waals surface area contributed by atoms with Crippen molar-refractivity contribution in [2.24, 2.45) is 0 Å². The highest BCUT2D eigenvalue weighted by atomic mass is 16.7. The summed E-state index contributed by atoms with van der Waals surface area (Å²) in [6, 6.07) is 13.9. The summed E-state index contributed by atoms with van der Waals surface area (Å²) in [6.45, 7) is 8.63. The van der Waals surface area contributed by atoms with Gasteiger partial charge in [0.1, 0.15) is 18.2 Å². The van der Waals surface area contributed by atoms with Gasteiger partial charge in [-0.05, 0) is 70.3 Å². The number of aliphatic hydroxyl groups is 1. The van der Waals surface area contributed by atoms with Crippen LogP contribution >= 0.6 is 0 Å². The highest BCUT2D eigenvalue weighted by molar-refractivity contribution is 5.91. The summed E-state index contributed by atoms with van der Waals surface area (Å²) >= 11 is 0. The molecule has 0 saturated carbocycles. The van der Waals surface area contributed by atoms with Gasteiger partial charge in [-0.2, -0.15) is 0 Å². The fourth-order valence-electron chi connectivity index (χ4n) is 5.24. The molecule has 2 saturated heterocycles. The van der Waals surface area contributed by atoms with E-state index in [9.17, 15) is 19.5 Å². The van der Waals surface area contributed by atoms with Crippen molar-refractivity contribution >= 4 is 23.7 Å². The third kappa shape index (κ3) is 9.49. The minimum absolute atomic E-state index is 0.0393. The van der Waals surface area contributed by atoms with E-state index in [2.05, 4.69) is 15.5 Å². The number of urea groups is 1. The van der Waals surface area contributed by atoms with E-state index in [1.165, 1.54) is 0 Å². The highest BCUT2D eigenvalue weighted by Gasteiger charge is 2.38. The zero-order valence-electron chi connectivity index (χ0n) is 25.3. The number of amides is 2. The summed E-state index contributed by atoms with van der Waals surface area (Å²) in [6.07, 6.45) is 1.06. The van der Waals surface area contributed by atoms with Gasteiger partial charge < -0.3 is 34.7 Å². The number of nitrogens with one attached hydrogen (secondary N) is 2. The Balaban J connectivity index is 1.46. The second-order valence-electron chi connectivity index (χ2n) is 11.8. The molecule has 2 aromatic rings. The van der Waals surface area contributed by atoms with Crippen LogP contribution in [-0.4, -0.2) is 72.0 Å². The van der Waals surface area contributed by atoms with Gasteiger partial charge in [-0.25, -0.2) is 4.79 Å². The van der Waals surface area contributed by atoms with Crippen molar-refractivity contribution in [2.75, 3.05) is 31.6 Å². The van der Waals surface area contributed by atoms with Gasteiger partial charge in [0.05, 0.1) is 25.4 Å². The number of ether oxygens (including phenoxy) is 4. The Morgan fingerprint density at radius 1 is 1.02 bits per heavy atom. The number of hydrogen-bond acceptors (Lipinski definition) is 9. The maximum Gasteiger partial charge on any atom is 0.325 e. The van der Waals surface area contributed by atoms with Crippen LogP contribution in [0.25, 0.3) is 0 Å². The fraction of sp³-hybridized carbons (Fsp3) is 0.531. The molecule has 2 aromatic carbocycles. The quantitative estimate of drug-likeness (QED) is 0.344. The van der Waals surface area contributed by atoms with Crippen LogP contribution in [0.2, 0.25) is 0 Å². The van der Waals surface area contributed by atoms with E-state index < -0.39 is 23.9 Å². The number of benzene rings is 2. The number of anilines is 1. The Labute approximate surface area is 252 Å². The second-order valence-corrected chi connectivity index (χ2v) is 11.8. The smallest absolute Gasteiger partial charge is 0.325 e. The van der Waals surface area contributed by atoms with E-state index in [1.54, 1.807) is 19.1 Å². The number of nitrogens with zero attached hydrogens (tertiary/aromatic N) is 1. The third-order valence-corrected chi connectivity index (χ3v) is 7.23. The maximum atomic E-state index is 12.9. The fourth-order valence-corrected chi connectivity index (χ4v) is 5.24. The number of hydrogen-bond donors (Lipinski definition) is 3. The molecule has 0 aliphatic carbocycles. The van der Waals surface area contributed by atoms with Crippen molar-refractivity contribution in [1.29, 1.82) is 0 Å². The first-order valence-electron chi connectivity index (χ1n) is 14.8. The minimum Gasteiger partial charge on any atom is -0.465 e. The molecular weight excluding hydrogens is 554 g/mol. The molecule has 0 bridgehead atoms. The Morgan fingerprint density at radius 3 is 2.37 bits per heavy atom. The summed E-state index contributed by atoms with van der Waals surface area (Å²) < 4.78 is 23.4. The first-order chi connectivity index (χ1) is 20.5. The maximum absolute atomic E-state index is 12.9. The molecule has 2 aliphatic heterocycles. The molecule has 2 aliphatic rings. The number of carbonyl (C=O) groups excluding carboxylic acids is 3. The average Bonchev–Trinajstić information content (AvgIpc) is 3.44. The Hall–Kier alpha value is -3.51. The Bertz CT molecular complexity index is 1230. The molecule has 0 unspecified atom stereocenters. The van der Waals surface area contributed by atoms with Crippen molar-refractivity contribution in [1.82, 2.24) is 10.2 Å². The molecule has 4 rings (SSSR count). The number of esters is 2. The predicted molar refractivity (Wildman–Crippen MR) is 159 cm³/mol. The first-order valence-corrected chi connectivity index (χ1v) is 14.8. The van der Waals surface area contributed by atoms with Gasteiger partial charge in [-0.1, -0.05) is 36.4 Å². The van der Waals surface area contributed by atoms with Crippen molar-refractivity contribution < 1.29 is 38.4 Å². The van der Waals surface area contributed by atoms with E-state index in [4.69, 9.17) is 18.9 Å². The molecule has 11 nitrogen and oxygen atoms in total. The molecule has 3 N–H and O–H groups in total. The molecule has 4 atom stereocenters. The van der Waals surface area contributed by atoms with Crippen LogP contribution in [0.4, 0.5) is 10.5 Å². The van der Waals surface area contributed by atoms with E-state index >= 15 is 0 Å². The summed E-state index contributed by atoms with van der Waals surface area (Å²) in [5.41, 5.74) is 2.53. The molecule has 0 spiro atoms. The summed E-state index contributed by atoms with van der Waals surface area (Å²) in [4.78, 5) is 38.8. The van der Waals surface area contributed by atoms with Gasteiger partial charge in [-0.3, -0.25) is 14.5 Å². The van der Waals surface area contributed by atoms with Crippen molar-refractivity contribution in [3.8, 4) is 0 Å². The SMILES string of the molecule is CCOC(=O)CNC(=O)Nc1ccc([C@H]2O[C@@H](CN3CCC[C@H]3C(=O)OC(C)(C)C)C[C@@H](c3ccc(CO)cc3)O2)cc1. The van der Waals surface area contributed by atoms with Crippen LogP contribution in [0.15, 0.2) is 48.5 Å². The molecule has 0 aromatic heterocycles. The molecule has 2 heterocycles. The van der Waals surface area contributed by atoms with Crippen molar-refractivity contribution in [3.63, 3.8) is 0 Å². The Kier molecular flexibility index (Phi) is 11.1. The molecule has 43 heavy (non-hydrogen) atoms. The van der Waals surface area contributed by atoms with Crippen molar-refractivity contribution in [2.45, 2.75) is 83.7 Å². The minimum atomic E-state index is -0.685. The zero-order valence-corrected chi connectivity index (χ0v) is 25.3. The van der Waals surface area contributed by atoms with Gasteiger partial charge in [0.15, 0.2) is 6.29 Å². The lowest BCUT2D eigenvalue weighted by Crippen LogP contribution is -2.45. The van der Waals surface area contributed by atoms with Crippen LogP contribution < -0.4 is 10.6 Å². The zero-order chi connectivity index (χ0) is 31.0. The van der Waals surface area contributed by atoms with E-state index in [0.29, 0.717) is 18.7 Å². The summed E-state index contributed by atoms with van der Waals surface area (Å²) in [5, 5.41) is 14.6. The van der Waals surface area contributed by atoms with Gasteiger partial charge >= 0.3 is 18.0 Å². The molecule has 0 radical (unpaired) electrons. The van der Waals surface area contributed by atoms with Gasteiger partial charge in [0, 0.05) is 24.2 Å². The lowest BCUT2D eigenvalue weighted by atomic mass is 9.99. The molecule has 234 valence electrons. The standard InChI is InChI=1S/C32H43N3O8/c1-5-40-28(37)18-33-31(39)34-24-14-12-23(13-15-24)30-41-25(17-27(42-30)22-10-8-21(20-36)9-11-22)19-35-16-6-7-26(35)29(38)43-32(2,3)4/h8-15,25-27,30,36H,5-7,16-20H2,1-4H3,(H2,33,34,39)/t25-,26+,27+,30+/m1/s1. The van der Waals surface area contributed by atoms with Gasteiger partial charge in [-0.15, -0.1) is 0 Å². The summed E-state index contributed by atoms with van der Waals surface area (Å²) in [5.74, 6) is -0.722. The Morgan fingerprint density at radius 2 is 1.72 bits per heavy atom. The van der Waals surface area contributed by atoms with Crippen molar-refractivity contribution in [3.05, 3.63) is 65.2 Å². The largest absolute Gasteiger partial charge is 0.465 e. The second kappa shape index (κ2) is 14.8. The lowest BCUT2D eigenvalue weighted by Gasteiger charge is -2.38. The van der Waals surface area contributed by atoms with Crippen LogP contribution in [0.3, 0.4) is 0 Å². The molecule has 11 heteroatoms. The predicted octanol–water partition coefficient (Wildman–Crippen LogP) is 4.22. The average molecular weight is 598 g/mol. The normalized spacial score (nSPS) is 22.5. The van der Waals surface area contributed by atoms with Gasteiger partial charge in [0.25, 0.3) is 0 Å². The van der Waals surface area contributed by atoms with E-state index in [0.717, 1.165) is 36.1 Å². The number of carbonyl (C=O) groups is 3. The number of rotatable bonds is 10. The van der Waals surface area contributed by atoms with Crippen LogP contribution in [0.1, 0.15) is 76.0 Å². The summed E-state index contributed by atoms with van der Waals surface area (Å²) in [7, 11) is 0.